The average molecular weight is 360 g/mol. The van der Waals surface area contributed by atoms with Gasteiger partial charge in [0.1, 0.15) is 6.17 Å². The number of hydrogen-bond acceptors (Lipinski definition) is 2. The van der Waals surface area contributed by atoms with Crippen LogP contribution in [0.25, 0.3) is 0 Å². The predicted octanol–water partition coefficient (Wildman–Crippen LogP) is 2.60. The molecule has 0 aromatic rings. The number of nitrogens with two attached hydrogens (primary N) is 1. The van der Waals surface area contributed by atoms with Gasteiger partial charge in [0.25, 0.3) is 0 Å². The first-order valence-corrected chi connectivity index (χ1v) is 11.7. The van der Waals surface area contributed by atoms with Gasteiger partial charge in [0.15, 0.2) is 0 Å². The predicted molar refractivity (Wildman–Crippen MR) is 106 cm³/mol. The van der Waals surface area contributed by atoms with Crippen LogP contribution in [0, 0.1) is 11.8 Å². The molecule has 0 spiro atoms. The third-order valence-electron chi connectivity index (χ3n) is 8.40. The van der Waals surface area contributed by atoms with E-state index in [2.05, 4.69) is 22.2 Å². The van der Waals surface area contributed by atoms with Crippen LogP contribution in [0.3, 0.4) is 0 Å². The van der Waals surface area contributed by atoms with Gasteiger partial charge in [-0.05, 0) is 52.0 Å². The Morgan fingerprint density at radius 2 is 1.65 bits per heavy atom. The van der Waals surface area contributed by atoms with Gasteiger partial charge in [-0.3, -0.25) is 9.89 Å². The number of hydrogen-bond donors (Lipinski definition) is 1. The lowest BCUT2D eigenvalue weighted by molar-refractivity contribution is -0.759. The van der Waals surface area contributed by atoms with Gasteiger partial charge < -0.3 is 10.2 Å². The summed E-state index contributed by atoms with van der Waals surface area (Å²) in [5.41, 5.74) is 0. The van der Waals surface area contributed by atoms with E-state index in [4.69, 9.17) is 4.99 Å². The summed E-state index contributed by atoms with van der Waals surface area (Å²) >= 11 is 0. The van der Waals surface area contributed by atoms with Gasteiger partial charge in [-0.2, -0.15) is 0 Å². The van der Waals surface area contributed by atoms with Crippen LogP contribution in [0.4, 0.5) is 0 Å². The van der Waals surface area contributed by atoms with Crippen molar-refractivity contribution in [3.8, 4) is 0 Å². The van der Waals surface area contributed by atoms with Crippen molar-refractivity contribution in [1.29, 1.82) is 0 Å². The minimum atomic E-state index is 0.611. The van der Waals surface area contributed by atoms with Crippen LogP contribution in [-0.4, -0.2) is 60.1 Å². The fourth-order valence-electron chi connectivity index (χ4n) is 7.05. The van der Waals surface area contributed by atoms with Crippen molar-refractivity contribution >= 4 is 5.84 Å². The van der Waals surface area contributed by atoms with Crippen molar-refractivity contribution in [1.82, 2.24) is 9.80 Å². The summed E-state index contributed by atoms with van der Waals surface area (Å²) in [6.07, 6.45) is 17.6. The van der Waals surface area contributed by atoms with E-state index >= 15 is 0 Å². The molecule has 5 fully saturated rings. The highest BCUT2D eigenvalue weighted by Gasteiger charge is 2.52. The molecule has 3 saturated heterocycles. The van der Waals surface area contributed by atoms with Crippen LogP contribution in [0.2, 0.25) is 0 Å². The number of aliphatic imine (C=N–C) groups is 1. The molecule has 4 nitrogen and oxygen atoms in total. The van der Waals surface area contributed by atoms with Crippen molar-refractivity contribution in [2.45, 2.75) is 101 Å². The van der Waals surface area contributed by atoms with Crippen molar-refractivity contribution < 1.29 is 5.32 Å². The van der Waals surface area contributed by atoms with Gasteiger partial charge in [0, 0.05) is 37.4 Å². The summed E-state index contributed by atoms with van der Waals surface area (Å²) in [7, 11) is 2.35. The number of fused-ring (bicyclic) bond motifs is 2. The van der Waals surface area contributed by atoms with E-state index in [1.165, 1.54) is 96.0 Å². The Bertz CT molecular complexity index is 522. The van der Waals surface area contributed by atoms with Crippen LogP contribution < -0.4 is 5.32 Å². The second-order valence-corrected chi connectivity index (χ2v) is 9.85. The Hall–Kier alpha value is -0.610. The quantitative estimate of drug-likeness (QED) is 0.822. The normalized spacial score (nSPS) is 43.7. The van der Waals surface area contributed by atoms with Crippen LogP contribution in [0.5, 0.6) is 0 Å². The van der Waals surface area contributed by atoms with E-state index in [0.29, 0.717) is 12.2 Å². The third-order valence-corrected chi connectivity index (χ3v) is 8.40. The minimum absolute atomic E-state index is 0.611. The Kier molecular flexibility index (Phi) is 4.99. The lowest BCUT2D eigenvalue weighted by atomic mass is 9.71. The maximum absolute atomic E-state index is 5.65. The zero-order valence-corrected chi connectivity index (χ0v) is 16.8. The molecule has 5 aliphatic rings. The first kappa shape index (κ1) is 17.5. The Morgan fingerprint density at radius 3 is 2.54 bits per heavy atom. The second kappa shape index (κ2) is 7.43. The molecule has 4 heteroatoms. The van der Waals surface area contributed by atoms with Crippen LogP contribution in [0.15, 0.2) is 4.99 Å². The van der Waals surface area contributed by atoms with Crippen LogP contribution >= 0.6 is 0 Å². The molecule has 2 aliphatic carbocycles. The maximum atomic E-state index is 5.65. The molecule has 2 saturated carbocycles. The van der Waals surface area contributed by atoms with Gasteiger partial charge >= 0.3 is 0 Å². The number of piperidine rings is 1. The Balaban J connectivity index is 1.41. The third kappa shape index (κ3) is 3.11. The van der Waals surface area contributed by atoms with Gasteiger partial charge in [-0.1, -0.05) is 25.7 Å². The fraction of sp³-hybridized carbons (Fsp3) is 0.955. The van der Waals surface area contributed by atoms with E-state index < -0.39 is 0 Å². The molecular weight excluding hydrogens is 320 g/mol. The molecule has 0 aromatic heterocycles. The molecule has 3 heterocycles. The van der Waals surface area contributed by atoms with Gasteiger partial charge in [0.2, 0.25) is 0 Å². The number of quaternary nitrogens is 1. The molecule has 5 unspecified atom stereocenters. The van der Waals surface area contributed by atoms with E-state index in [1.807, 2.05) is 0 Å². The van der Waals surface area contributed by atoms with E-state index in [0.717, 1.165) is 23.9 Å². The zero-order chi connectivity index (χ0) is 17.5. The van der Waals surface area contributed by atoms with Crippen molar-refractivity contribution in [3.63, 3.8) is 0 Å². The largest absolute Gasteiger partial charge is 0.357 e. The smallest absolute Gasteiger partial charge is 0.147 e. The average Bonchev–Trinajstić information content (AvgIpc) is 3.29. The molecule has 146 valence electrons. The van der Waals surface area contributed by atoms with Gasteiger partial charge in [-0.15, -0.1) is 0 Å². The summed E-state index contributed by atoms with van der Waals surface area (Å²) in [6.45, 7) is 2.56. The van der Waals surface area contributed by atoms with Crippen LogP contribution in [-0.2, 0) is 0 Å². The molecule has 0 radical (unpaired) electrons. The summed E-state index contributed by atoms with van der Waals surface area (Å²) < 4.78 is 0. The molecule has 26 heavy (non-hydrogen) atoms. The summed E-state index contributed by atoms with van der Waals surface area (Å²) in [6, 6.07) is 2.26. The fourth-order valence-corrected chi connectivity index (χ4v) is 7.05. The van der Waals surface area contributed by atoms with Crippen molar-refractivity contribution in [2.75, 3.05) is 20.1 Å². The molecule has 2 N–H and O–H groups in total. The molecule has 5 atom stereocenters. The topological polar surface area (TPSA) is 35.5 Å². The SMILES string of the molecule is CN1CCC2C(N=C3CCCN3C3CCCCC3)C3CCCCC3[NH2+]C21. The first-order valence-electron chi connectivity index (χ1n) is 11.7. The molecule has 0 bridgehead atoms. The van der Waals surface area contributed by atoms with Crippen molar-refractivity contribution in [2.24, 2.45) is 16.8 Å². The highest BCUT2D eigenvalue weighted by Crippen LogP contribution is 2.39. The summed E-state index contributed by atoms with van der Waals surface area (Å²) in [4.78, 5) is 11.0. The Labute approximate surface area is 159 Å². The lowest BCUT2D eigenvalue weighted by Gasteiger charge is -2.45. The van der Waals surface area contributed by atoms with E-state index in [9.17, 15) is 0 Å². The van der Waals surface area contributed by atoms with E-state index in [1.54, 1.807) is 0 Å². The maximum Gasteiger partial charge on any atom is 0.147 e. The van der Waals surface area contributed by atoms with E-state index in [-0.39, 0.29) is 0 Å². The number of amidine groups is 1. The lowest BCUT2D eigenvalue weighted by Crippen LogP contribution is -3.02. The van der Waals surface area contributed by atoms with Crippen molar-refractivity contribution in [3.05, 3.63) is 0 Å². The molecular formula is C22H39N4+. The Morgan fingerprint density at radius 1 is 0.846 bits per heavy atom. The zero-order valence-electron chi connectivity index (χ0n) is 16.8. The highest BCUT2D eigenvalue weighted by molar-refractivity contribution is 5.84. The molecule has 5 rings (SSSR count). The highest BCUT2D eigenvalue weighted by atomic mass is 15.3. The first-order chi connectivity index (χ1) is 12.8. The second-order valence-electron chi connectivity index (χ2n) is 9.85. The summed E-state index contributed by atoms with van der Waals surface area (Å²) in [5.74, 6) is 3.15. The number of rotatable bonds is 2. The monoisotopic (exact) mass is 359 g/mol. The molecule has 0 amide bonds. The molecule has 3 aliphatic heterocycles. The summed E-state index contributed by atoms with van der Waals surface area (Å²) in [5, 5.41) is 2.76. The number of nitrogens with zero attached hydrogens (tertiary/aromatic N) is 3. The number of likely N-dealkylation sites (tertiary alicyclic amines) is 2. The molecule has 0 aromatic carbocycles. The standard InChI is InChI=1S/C22H38N4/c1-25-15-13-18-21(17-10-5-6-11-19(17)23-22(18)25)24-20-12-7-14-26(20)16-8-3-2-4-9-16/h16-19,21-23H,2-15H2,1H3/p+1. The van der Waals surface area contributed by atoms with Gasteiger partial charge in [-0.25, -0.2) is 0 Å². The van der Waals surface area contributed by atoms with Crippen LogP contribution in [0.1, 0.15) is 77.0 Å². The minimum Gasteiger partial charge on any atom is -0.357 e. The van der Waals surface area contributed by atoms with Gasteiger partial charge in [0.05, 0.1) is 17.9 Å².